The van der Waals surface area contributed by atoms with Crippen molar-refractivity contribution in [3.05, 3.63) is 63.5 Å². The number of H-pyrrole nitrogens is 1. The maximum atomic E-state index is 11.0. The van der Waals surface area contributed by atoms with E-state index < -0.39 is 0 Å². The summed E-state index contributed by atoms with van der Waals surface area (Å²) in [5.41, 5.74) is 0.778. The van der Waals surface area contributed by atoms with Crippen molar-refractivity contribution in [1.29, 1.82) is 0 Å². The number of hydrogen-bond donors (Lipinski definition) is 1. The maximum Gasteiger partial charge on any atom is 0.248 e. The van der Waals surface area contributed by atoms with Gasteiger partial charge in [0.25, 0.3) is 0 Å². The fourth-order valence-corrected chi connectivity index (χ4v) is 1.57. The summed E-state index contributed by atoms with van der Waals surface area (Å²) in [7, 11) is 0. The Morgan fingerprint density at radius 1 is 1.12 bits per heavy atom. The Morgan fingerprint density at radius 2 is 1.88 bits per heavy atom. The van der Waals surface area contributed by atoms with Gasteiger partial charge in [-0.15, -0.1) is 0 Å². The van der Waals surface area contributed by atoms with Crippen molar-refractivity contribution in [3.8, 4) is 5.75 Å². The number of nitrogens with one attached hydrogen (secondary N) is 1. The van der Waals surface area contributed by atoms with Crippen LogP contribution in [-0.4, -0.2) is 11.6 Å². The molecule has 2 aromatic rings. The molecule has 17 heavy (non-hydrogen) atoms. The number of rotatable bonds is 4. The SMILES string of the molecule is O=c1cccc(CCOc2ccc(Cl)cc2)[nH]1. The molecule has 0 fully saturated rings. The molecule has 1 aromatic carbocycles. The van der Waals surface area contributed by atoms with E-state index in [0.29, 0.717) is 18.1 Å². The zero-order chi connectivity index (χ0) is 12.1. The molecule has 0 unspecified atom stereocenters. The summed E-state index contributed by atoms with van der Waals surface area (Å²) in [6, 6.07) is 12.3. The Hall–Kier alpha value is -1.74. The molecular formula is C13H12ClNO2. The predicted octanol–water partition coefficient (Wildman–Crippen LogP) is 2.65. The minimum atomic E-state index is -0.0889. The summed E-state index contributed by atoms with van der Waals surface area (Å²) in [6.07, 6.45) is 0.665. The lowest BCUT2D eigenvalue weighted by molar-refractivity contribution is 0.320. The summed E-state index contributed by atoms with van der Waals surface area (Å²) >= 11 is 5.76. The molecule has 0 aliphatic rings. The molecule has 4 heteroatoms. The molecule has 0 aliphatic carbocycles. The highest BCUT2D eigenvalue weighted by Crippen LogP contribution is 2.15. The highest BCUT2D eigenvalue weighted by molar-refractivity contribution is 6.30. The van der Waals surface area contributed by atoms with E-state index in [-0.39, 0.29) is 5.56 Å². The van der Waals surface area contributed by atoms with Gasteiger partial charge in [0.2, 0.25) is 5.56 Å². The van der Waals surface area contributed by atoms with Gasteiger partial charge in [-0.25, -0.2) is 0 Å². The second kappa shape index (κ2) is 5.55. The topological polar surface area (TPSA) is 42.1 Å². The number of ether oxygens (including phenoxy) is 1. The van der Waals surface area contributed by atoms with Gasteiger partial charge < -0.3 is 9.72 Å². The summed E-state index contributed by atoms with van der Waals surface area (Å²) in [6.45, 7) is 0.515. The van der Waals surface area contributed by atoms with E-state index in [1.165, 1.54) is 6.07 Å². The van der Waals surface area contributed by atoms with Crippen LogP contribution in [0.3, 0.4) is 0 Å². The molecule has 88 valence electrons. The van der Waals surface area contributed by atoms with Crippen molar-refractivity contribution in [2.45, 2.75) is 6.42 Å². The molecule has 0 aliphatic heterocycles. The van der Waals surface area contributed by atoms with Crippen LogP contribution in [0.1, 0.15) is 5.69 Å². The summed E-state index contributed by atoms with van der Waals surface area (Å²) in [5.74, 6) is 0.771. The Labute approximate surface area is 104 Å². The first-order chi connectivity index (χ1) is 8.24. The molecule has 3 nitrogen and oxygen atoms in total. The van der Waals surface area contributed by atoms with Crippen LogP contribution in [-0.2, 0) is 6.42 Å². The molecule has 0 bridgehead atoms. The molecule has 1 aromatic heterocycles. The summed E-state index contributed by atoms with van der Waals surface area (Å²) in [4.78, 5) is 13.8. The molecule has 0 spiro atoms. The monoisotopic (exact) mass is 249 g/mol. The van der Waals surface area contributed by atoms with Crippen molar-refractivity contribution in [3.63, 3.8) is 0 Å². The van der Waals surface area contributed by atoms with Crippen molar-refractivity contribution < 1.29 is 4.74 Å². The Kier molecular flexibility index (Phi) is 3.83. The Morgan fingerprint density at radius 3 is 2.59 bits per heavy atom. The van der Waals surface area contributed by atoms with Gasteiger partial charge in [0.15, 0.2) is 0 Å². The number of pyridine rings is 1. The molecule has 0 radical (unpaired) electrons. The van der Waals surface area contributed by atoms with E-state index >= 15 is 0 Å². The predicted molar refractivity (Wildman–Crippen MR) is 67.7 cm³/mol. The Bertz CT molecular complexity index is 534. The van der Waals surface area contributed by atoms with Gasteiger partial charge in [-0.1, -0.05) is 17.7 Å². The third-order valence-electron chi connectivity index (χ3n) is 2.28. The van der Waals surface area contributed by atoms with Crippen LogP contribution in [0, 0.1) is 0 Å². The van der Waals surface area contributed by atoms with Crippen LogP contribution in [0.25, 0.3) is 0 Å². The average molecular weight is 250 g/mol. The first-order valence-corrected chi connectivity index (χ1v) is 5.68. The van der Waals surface area contributed by atoms with Gasteiger partial charge in [-0.05, 0) is 30.3 Å². The van der Waals surface area contributed by atoms with Crippen LogP contribution in [0.5, 0.6) is 5.75 Å². The first kappa shape index (κ1) is 11.7. The van der Waals surface area contributed by atoms with E-state index in [1.54, 1.807) is 18.2 Å². The van der Waals surface area contributed by atoms with Gasteiger partial charge in [0, 0.05) is 23.2 Å². The lowest BCUT2D eigenvalue weighted by Gasteiger charge is -2.05. The highest BCUT2D eigenvalue weighted by atomic mass is 35.5. The lowest BCUT2D eigenvalue weighted by Crippen LogP contribution is -2.09. The quantitative estimate of drug-likeness (QED) is 0.905. The van der Waals surface area contributed by atoms with Gasteiger partial charge in [0.1, 0.15) is 5.75 Å². The smallest absolute Gasteiger partial charge is 0.248 e. The second-order valence-electron chi connectivity index (χ2n) is 3.59. The molecule has 1 N–H and O–H groups in total. The van der Waals surface area contributed by atoms with Gasteiger partial charge in [0.05, 0.1) is 6.61 Å². The van der Waals surface area contributed by atoms with E-state index in [0.717, 1.165) is 11.4 Å². The maximum absolute atomic E-state index is 11.0. The normalized spacial score (nSPS) is 10.2. The van der Waals surface area contributed by atoms with E-state index in [2.05, 4.69) is 4.98 Å². The summed E-state index contributed by atoms with van der Waals surface area (Å²) in [5, 5.41) is 0.685. The van der Waals surface area contributed by atoms with Crippen molar-refractivity contribution >= 4 is 11.6 Å². The molecule has 0 amide bonds. The number of benzene rings is 1. The fraction of sp³-hybridized carbons (Fsp3) is 0.154. The molecule has 0 saturated heterocycles. The fourth-order valence-electron chi connectivity index (χ4n) is 1.45. The first-order valence-electron chi connectivity index (χ1n) is 5.30. The number of hydrogen-bond acceptors (Lipinski definition) is 2. The average Bonchev–Trinajstić information content (AvgIpc) is 2.32. The lowest BCUT2D eigenvalue weighted by atomic mass is 10.3. The van der Waals surface area contributed by atoms with E-state index in [1.807, 2.05) is 18.2 Å². The third-order valence-corrected chi connectivity index (χ3v) is 2.53. The Balaban J connectivity index is 1.87. The van der Waals surface area contributed by atoms with Crippen molar-refractivity contribution in [2.75, 3.05) is 6.61 Å². The standard InChI is InChI=1S/C13H12ClNO2/c14-10-4-6-12(7-5-10)17-9-8-11-2-1-3-13(16)15-11/h1-7H,8-9H2,(H,15,16). The minimum Gasteiger partial charge on any atom is -0.493 e. The van der Waals surface area contributed by atoms with Gasteiger partial charge in [-0.2, -0.15) is 0 Å². The number of aromatic amines is 1. The minimum absolute atomic E-state index is 0.0889. The summed E-state index contributed by atoms with van der Waals surface area (Å²) < 4.78 is 5.52. The van der Waals surface area contributed by atoms with Crippen LogP contribution in [0.15, 0.2) is 47.3 Å². The molecular weight excluding hydrogens is 238 g/mol. The molecule has 0 saturated carbocycles. The zero-order valence-electron chi connectivity index (χ0n) is 9.15. The van der Waals surface area contributed by atoms with Crippen molar-refractivity contribution in [2.24, 2.45) is 0 Å². The van der Waals surface area contributed by atoms with Crippen LogP contribution in [0.2, 0.25) is 5.02 Å². The van der Waals surface area contributed by atoms with E-state index in [4.69, 9.17) is 16.3 Å². The highest BCUT2D eigenvalue weighted by Gasteiger charge is 1.96. The van der Waals surface area contributed by atoms with Crippen LogP contribution >= 0.6 is 11.6 Å². The largest absolute Gasteiger partial charge is 0.493 e. The second-order valence-corrected chi connectivity index (χ2v) is 4.03. The van der Waals surface area contributed by atoms with E-state index in [9.17, 15) is 4.79 Å². The third kappa shape index (κ3) is 3.64. The molecule has 2 rings (SSSR count). The van der Waals surface area contributed by atoms with Crippen LogP contribution < -0.4 is 10.3 Å². The molecule has 0 atom stereocenters. The van der Waals surface area contributed by atoms with Gasteiger partial charge >= 0.3 is 0 Å². The molecule has 1 heterocycles. The van der Waals surface area contributed by atoms with Crippen molar-refractivity contribution in [1.82, 2.24) is 4.98 Å². The van der Waals surface area contributed by atoms with Gasteiger partial charge in [-0.3, -0.25) is 4.79 Å². The number of halogens is 1. The zero-order valence-corrected chi connectivity index (χ0v) is 9.91. The van der Waals surface area contributed by atoms with Crippen LogP contribution in [0.4, 0.5) is 0 Å². The number of aromatic nitrogens is 1.